The number of halogens is 1. The maximum Gasteiger partial charge on any atom is 0.410 e. The monoisotopic (exact) mass is 573 g/mol. The van der Waals surface area contributed by atoms with Crippen LogP contribution in [0.1, 0.15) is 55.6 Å². The van der Waals surface area contributed by atoms with Gasteiger partial charge in [-0.05, 0) is 45.2 Å². The number of aromatic nitrogens is 1. The summed E-state index contributed by atoms with van der Waals surface area (Å²) in [4.78, 5) is 24.1. The van der Waals surface area contributed by atoms with Gasteiger partial charge in [0, 0.05) is 31.2 Å². The second-order valence-corrected chi connectivity index (χ2v) is 9.48. The Morgan fingerprint density at radius 3 is 2.38 bits per heavy atom. The third-order valence-corrected chi connectivity index (χ3v) is 5.41. The van der Waals surface area contributed by atoms with E-state index in [0.29, 0.717) is 19.6 Å². The molecule has 1 amide bonds. The Balaban J connectivity index is 0.00000512. The molecule has 7 nitrogen and oxygen atoms in total. The zero-order valence-electron chi connectivity index (χ0n) is 19.9. The average Bonchev–Trinajstić information content (AvgIpc) is 3.18. The van der Waals surface area contributed by atoms with Gasteiger partial charge in [-0.3, -0.25) is 0 Å². The molecule has 0 spiro atoms. The van der Waals surface area contributed by atoms with Gasteiger partial charge in [-0.1, -0.05) is 31.2 Å². The molecule has 0 aliphatic carbocycles. The van der Waals surface area contributed by atoms with Crippen molar-refractivity contribution in [2.45, 2.75) is 66.3 Å². The average molecular weight is 574 g/mol. The summed E-state index contributed by atoms with van der Waals surface area (Å²) in [5, 5.41) is 7.67. The van der Waals surface area contributed by atoms with Gasteiger partial charge in [0.2, 0.25) is 0 Å². The maximum atomic E-state index is 12.1. The van der Waals surface area contributed by atoms with Crippen LogP contribution < -0.4 is 10.6 Å². The van der Waals surface area contributed by atoms with Crippen molar-refractivity contribution in [1.82, 2.24) is 20.5 Å². The second-order valence-electron chi connectivity index (χ2n) is 8.28. The topological polar surface area (TPSA) is 78.9 Å². The molecular formula is C23H36IN5O2S. The molecule has 9 heteroatoms. The van der Waals surface area contributed by atoms with Crippen LogP contribution in [0.15, 0.2) is 35.5 Å². The van der Waals surface area contributed by atoms with E-state index in [9.17, 15) is 4.79 Å². The summed E-state index contributed by atoms with van der Waals surface area (Å²) in [6.45, 7) is 12.3. The van der Waals surface area contributed by atoms with Gasteiger partial charge < -0.3 is 20.3 Å². The predicted molar refractivity (Wildman–Crippen MR) is 143 cm³/mol. The third kappa shape index (κ3) is 10.2. The number of amides is 1. The predicted octanol–water partition coefficient (Wildman–Crippen LogP) is 4.95. The Hall–Kier alpha value is -1.88. The molecule has 1 aromatic carbocycles. The number of hydrogen-bond donors (Lipinski definition) is 2. The van der Waals surface area contributed by atoms with E-state index in [1.165, 1.54) is 4.88 Å². The molecule has 0 radical (unpaired) electrons. The Morgan fingerprint density at radius 2 is 1.81 bits per heavy atom. The number of nitrogens with zero attached hydrogens (tertiary/aromatic N) is 3. The smallest absolute Gasteiger partial charge is 0.410 e. The highest BCUT2D eigenvalue weighted by Gasteiger charge is 2.19. The van der Waals surface area contributed by atoms with Crippen molar-refractivity contribution >= 4 is 47.4 Å². The number of aliphatic imine (C=N–C) groups is 1. The highest BCUT2D eigenvalue weighted by atomic mass is 127. The minimum atomic E-state index is -0.497. The van der Waals surface area contributed by atoms with Gasteiger partial charge >= 0.3 is 6.09 Å². The Morgan fingerprint density at radius 1 is 1.16 bits per heavy atom. The van der Waals surface area contributed by atoms with E-state index in [2.05, 4.69) is 27.5 Å². The van der Waals surface area contributed by atoms with E-state index in [0.717, 1.165) is 35.1 Å². The molecule has 178 valence electrons. The van der Waals surface area contributed by atoms with E-state index < -0.39 is 5.60 Å². The van der Waals surface area contributed by atoms with E-state index in [4.69, 9.17) is 4.74 Å². The molecule has 0 unspecified atom stereocenters. The second kappa shape index (κ2) is 13.6. The van der Waals surface area contributed by atoms with Gasteiger partial charge in [0.25, 0.3) is 0 Å². The fourth-order valence-electron chi connectivity index (χ4n) is 2.69. The molecule has 2 rings (SSSR count). The molecule has 2 aromatic rings. The summed E-state index contributed by atoms with van der Waals surface area (Å²) in [7, 11) is 1.74. The van der Waals surface area contributed by atoms with Gasteiger partial charge in [-0.2, -0.15) is 0 Å². The molecule has 1 heterocycles. The number of nitrogens with one attached hydrogen (secondary N) is 2. The van der Waals surface area contributed by atoms with Crippen molar-refractivity contribution < 1.29 is 9.53 Å². The van der Waals surface area contributed by atoms with Crippen molar-refractivity contribution in [3.63, 3.8) is 0 Å². The largest absolute Gasteiger partial charge is 0.444 e. The summed E-state index contributed by atoms with van der Waals surface area (Å²) in [6, 6.07) is 8.13. The SMILES string of the molecule is CCNC(=NCc1ccc(CN(C)C(=O)OC(C)(C)C)cc1)NCc1ncc(CC)s1.I. The highest BCUT2D eigenvalue weighted by Crippen LogP contribution is 2.14. The standard InChI is InChI=1S/C23H35N5O2S.HI/c1-7-19-14-25-20(31-19)15-27-21(24-8-2)26-13-17-9-11-18(12-10-17)16-28(6)22(29)30-23(3,4)5;/h9-12,14H,7-8,13,15-16H2,1-6H3,(H2,24,26,27);1H. The lowest BCUT2D eigenvalue weighted by Crippen LogP contribution is -2.36. The molecule has 0 saturated heterocycles. The summed E-state index contributed by atoms with van der Waals surface area (Å²) < 4.78 is 5.40. The third-order valence-electron chi connectivity index (χ3n) is 4.27. The Bertz CT molecular complexity index is 862. The number of benzene rings is 1. The minimum absolute atomic E-state index is 0. The Kier molecular flexibility index (Phi) is 12.0. The van der Waals surface area contributed by atoms with Crippen LogP contribution in [0.4, 0.5) is 4.79 Å². The molecule has 0 atom stereocenters. The zero-order chi connectivity index (χ0) is 22.9. The van der Waals surface area contributed by atoms with Gasteiger partial charge in [-0.15, -0.1) is 35.3 Å². The van der Waals surface area contributed by atoms with E-state index in [-0.39, 0.29) is 30.1 Å². The van der Waals surface area contributed by atoms with Crippen LogP contribution in [0, 0.1) is 0 Å². The summed E-state index contributed by atoms with van der Waals surface area (Å²) in [6.07, 6.45) is 2.62. The van der Waals surface area contributed by atoms with Crippen LogP contribution in [0.25, 0.3) is 0 Å². The van der Waals surface area contributed by atoms with Crippen molar-refractivity contribution in [3.8, 4) is 0 Å². The first-order chi connectivity index (χ1) is 14.7. The van der Waals surface area contributed by atoms with Crippen LogP contribution in [0.5, 0.6) is 0 Å². The number of guanidine groups is 1. The van der Waals surface area contributed by atoms with Crippen molar-refractivity contribution in [1.29, 1.82) is 0 Å². The molecule has 1 aromatic heterocycles. The molecule has 32 heavy (non-hydrogen) atoms. The highest BCUT2D eigenvalue weighted by molar-refractivity contribution is 14.0. The number of rotatable bonds is 8. The maximum absolute atomic E-state index is 12.1. The van der Waals surface area contributed by atoms with Crippen LogP contribution in [-0.4, -0.2) is 41.1 Å². The van der Waals surface area contributed by atoms with E-state index in [1.54, 1.807) is 23.3 Å². The van der Waals surface area contributed by atoms with E-state index in [1.807, 2.05) is 58.2 Å². The summed E-state index contributed by atoms with van der Waals surface area (Å²) >= 11 is 1.73. The van der Waals surface area contributed by atoms with Crippen LogP contribution in [-0.2, 0) is 30.8 Å². The summed E-state index contributed by atoms with van der Waals surface area (Å²) in [5.41, 5.74) is 1.65. The van der Waals surface area contributed by atoms with Crippen LogP contribution in [0.3, 0.4) is 0 Å². The number of carbonyl (C=O) groups excluding carboxylic acids is 1. The van der Waals surface area contributed by atoms with E-state index >= 15 is 0 Å². The lowest BCUT2D eigenvalue weighted by molar-refractivity contribution is 0.0285. The van der Waals surface area contributed by atoms with Crippen molar-refractivity contribution in [3.05, 3.63) is 51.5 Å². The lowest BCUT2D eigenvalue weighted by Gasteiger charge is -2.24. The van der Waals surface area contributed by atoms with Crippen molar-refractivity contribution in [2.75, 3.05) is 13.6 Å². The van der Waals surface area contributed by atoms with Gasteiger partial charge in [0.1, 0.15) is 10.6 Å². The van der Waals surface area contributed by atoms with Crippen LogP contribution >= 0.6 is 35.3 Å². The molecule has 0 bridgehead atoms. The molecule has 0 saturated carbocycles. The van der Waals surface area contributed by atoms with Crippen LogP contribution in [0.2, 0.25) is 0 Å². The molecule has 0 fully saturated rings. The Labute approximate surface area is 213 Å². The first-order valence-electron chi connectivity index (χ1n) is 10.7. The molecular weight excluding hydrogens is 537 g/mol. The number of carbonyl (C=O) groups is 1. The van der Waals surface area contributed by atoms with Gasteiger partial charge in [0.15, 0.2) is 5.96 Å². The number of thiazole rings is 1. The molecule has 0 aliphatic rings. The van der Waals surface area contributed by atoms with Gasteiger partial charge in [0.05, 0.1) is 13.1 Å². The lowest BCUT2D eigenvalue weighted by atomic mass is 10.1. The fourth-order valence-corrected chi connectivity index (χ4v) is 3.50. The number of hydrogen-bond acceptors (Lipinski definition) is 5. The van der Waals surface area contributed by atoms with Gasteiger partial charge in [-0.25, -0.2) is 14.8 Å². The quantitative estimate of drug-likeness (QED) is 0.266. The zero-order valence-corrected chi connectivity index (χ0v) is 23.0. The number of ether oxygens (including phenoxy) is 1. The first kappa shape index (κ1) is 28.2. The van der Waals surface area contributed by atoms with Crippen molar-refractivity contribution in [2.24, 2.45) is 4.99 Å². The molecule has 2 N–H and O–H groups in total. The fraction of sp³-hybridized carbons (Fsp3) is 0.522. The molecule has 0 aliphatic heterocycles. The number of aryl methyl sites for hydroxylation is 1. The normalized spacial score (nSPS) is 11.5. The first-order valence-corrected chi connectivity index (χ1v) is 11.5. The minimum Gasteiger partial charge on any atom is -0.444 e. The summed E-state index contributed by atoms with van der Waals surface area (Å²) in [5.74, 6) is 0.768.